The molecule has 3 aromatic carbocycles. The highest BCUT2D eigenvalue weighted by Crippen LogP contribution is 2.35. The second-order valence-corrected chi connectivity index (χ2v) is 15.6. The summed E-state index contributed by atoms with van der Waals surface area (Å²) >= 11 is 0. The monoisotopic (exact) mass is 797 g/mol. The van der Waals surface area contributed by atoms with Crippen molar-refractivity contribution < 1.29 is 24.3 Å². The van der Waals surface area contributed by atoms with Gasteiger partial charge in [-0.1, -0.05) is 80.6 Å². The molecule has 2 aliphatic rings. The Labute approximate surface area is 344 Å². The third-order valence-corrected chi connectivity index (χ3v) is 10.8. The number of nitrogens with zero attached hydrogens (tertiary/aromatic N) is 7. The second kappa shape index (κ2) is 17.4. The molecule has 6 amide bonds. The molecule has 14 nitrogen and oxygen atoms in total. The van der Waals surface area contributed by atoms with Crippen molar-refractivity contribution in [3.05, 3.63) is 127 Å². The number of hydrazine groups is 1. The maximum Gasteiger partial charge on any atom is 0.334 e. The molecule has 2 fully saturated rings. The number of piperazine rings is 1. The minimum Gasteiger partial charge on any atom is -0.508 e. The number of rotatable bonds is 12. The highest BCUT2D eigenvalue weighted by molar-refractivity contribution is 5.98. The van der Waals surface area contributed by atoms with E-state index in [1.165, 1.54) is 0 Å². The van der Waals surface area contributed by atoms with Crippen molar-refractivity contribution in [3.8, 4) is 16.9 Å². The molecule has 0 spiro atoms. The van der Waals surface area contributed by atoms with E-state index in [4.69, 9.17) is 0 Å². The molecule has 3 N–H and O–H groups in total. The number of hydrogen-bond donors (Lipinski definition) is 3. The topological polar surface area (TPSA) is 147 Å². The van der Waals surface area contributed by atoms with Crippen LogP contribution >= 0.6 is 0 Å². The summed E-state index contributed by atoms with van der Waals surface area (Å²) in [5.74, 6) is 0.374. The Balaban J connectivity index is 1.20. The predicted molar refractivity (Wildman–Crippen MR) is 227 cm³/mol. The summed E-state index contributed by atoms with van der Waals surface area (Å²) in [6.07, 6.45) is 4.79. The lowest BCUT2D eigenvalue weighted by atomic mass is 9.98. The molecule has 0 saturated carbocycles. The van der Waals surface area contributed by atoms with Crippen LogP contribution in [0.5, 0.6) is 5.75 Å². The minimum atomic E-state index is -0.917. The average Bonchev–Trinajstić information content (AvgIpc) is 3.56. The van der Waals surface area contributed by atoms with Gasteiger partial charge in [-0.3, -0.25) is 14.9 Å². The Kier molecular flexibility index (Phi) is 12.0. The molecule has 4 heterocycles. The number of amides is 6. The number of hydrogen-bond acceptors (Lipinski definition) is 7. The lowest BCUT2D eigenvalue weighted by Crippen LogP contribution is -2.76. The number of benzene rings is 3. The summed E-state index contributed by atoms with van der Waals surface area (Å²) in [6, 6.07) is 24.3. The van der Waals surface area contributed by atoms with Crippen LogP contribution < -0.4 is 10.6 Å². The van der Waals surface area contributed by atoms with Gasteiger partial charge in [0.1, 0.15) is 23.8 Å². The first kappa shape index (κ1) is 40.5. The number of phenols is 1. The van der Waals surface area contributed by atoms with Crippen LogP contribution in [-0.4, -0.2) is 109 Å². The fraction of sp³-hybridized carbons (Fsp3) is 0.311. The molecule has 14 heteroatoms. The quantitative estimate of drug-likeness (QED) is 0.135. The minimum absolute atomic E-state index is 0.0696. The Morgan fingerprint density at radius 2 is 1.76 bits per heavy atom. The number of urea groups is 2. The van der Waals surface area contributed by atoms with E-state index in [-0.39, 0.29) is 62.7 Å². The number of pyridine rings is 1. The highest BCUT2D eigenvalue weighted by atomic mass is 16.3. The summed E-state index contributed by atoms with van der Waals surface area (Å²) in [5, 5.41) is 20.1. The van der Waals surface area contributed by atoms with Gasteiger partial charge in [0.05, 0.1) is 18.6 Å². The fourth-order valence-electron chi connectivity index (χ4n) is 8.13. The molecule has 0 unspecified atom stereocenters. The zero-order valence-electron chi connectivity index (χ0n) is 33.9. The first-order chi connectivity index (χ1) is 28.4. The van der Waals surface area contributed by atoms with Crippen LogP contribution in [0.2, 0.25) is 0 Å². The third kappa shape index (κ3) is 8.77. The van der Waals surface area contributed by atoms with Crippen LogP contribution in [0.25, 0.3) is 22.0 Å². The van der Waals surface area contributed by atoms with Gasteiger partial charge < -0.3 is 29.7 Å². The molecule has 306 valence electrons. The first-order valence-corrected chi connectivity index (χ1v) is 19.8. The highest BCUT2D eigenvalue weighted by Gasteiger charge is 2.51. The van der Waals surface area contributed by atoms with Crippen molar-refractivity contribution in [2.75, 3.05) is 38.5 Å². The number of carbonyl (C=O) groups excluding carboxylic acids is 4. The van der Waals surface area contributed by atoms with Gasteiger partial charge >= 0.3 is 12.1 Å². The number of aromatic nitrogens is 2. The number of phenolic OH excluding ortho intramolecular Hbond substituents is 1. The molecular weight excluding hydrogens is 747 g/mol. The van der Waals surface area contributed by atoms with Gasteiger partial charge in [-0.25, -0.2) is 24.6 Å². The van der Waals surface area contributed by atoms with Crippen LogP contribution in [0.3, 0.4) is 0 Å². The van der Waals surface area contributed by atoms with E-state index in [0.717, 1.165) is 38.7 Å². The molecule has 2 saturated heterocycles. The Morgan fingerprint density at radius 3 is 2.46 bits per heavy atom. The van der Waals surface area contributed by atoms with E-state index < -0.39 is 18.2 Å². The molecule has 5 aromatic rings. The summed E-state index contributed by atoms with van der Waals surface area (Å²) < 4.78 is 2.03. The van der Waals surface area contributed by atoms with Crippen molar-refractivity contribution in [1.29, 1.82) is 0 Å². The second-order valence-electron chi connectivity index (χ2n) is 15.6. The van der Waals surface area contributed by atoms with Crippen molar-refractivity contribution in [3.63, 3.8) is 0 Å². The number of nitrogens with one attached hydrogen (secondary N) is 2. The van der Waals surface area contributed by atoms with E-state index in [9.17, 15) is 24.3 Å². The van der Waals surface area contributed by atoms with Crippen LogP contribution in [0.1, 0.15) is 30.5 Å². The fourth-order valence-corrected chi connectivity index (χ4v) is 8.13. The smallest absolute Gasteiger partial charge is 0.334 e. The van der Waals surface area contributed by atoms with E-state index in [1.807, 2.05) is 72.4 Å². The van der Waals surface area contributed by atoms with E-state index in [1.54, 1.807) is 74.4 Å². The van der Waals surface area contributed by atoms with Crippen LogP contribution in [0, 0.1) is 5.92 Å². The van der Waals surface area contributed by atoms with Crippen molar-refractivity contribution in [2.45, 2.75) is 45.6 Å². The molecule has 7 rings (SSSR count). The Morgan fingerprint density at radius 1 is 1.00 bits per heavy atom. The number of aryl methyl sites for hydroxylation is 1. The number of fused-ring (bicyclic) bond motifs is 2. The van der Waals surface area contributed by atoms with Gasteiger partial charge in [-0.05, 0) is 46.9 Å². The zero-order chi connectivity index (χ0) is 41.8. The van der Waals surface area contributed by atoms with Crippen molar-refractivity contribution >= 4 is 40.6 Å². The zero-order valence-corrected chi connectivity index (χ0v) is 33.9. The normalized spacial score (nSPS) is 17.0. The lowest BCUT2D eigenvalue weighted by Gasteiger charge is -2.55. The predicted octanol–water partition coefficient (Wildman–Crippen LogP) is 5.80. The summed E-state index contributed by atoms with van der Waals surface area (Å²) in [4.78, 5) is 65.2. The van der Waals surface area contributed by atoms with E-state index in [0.29, 0.717) is 18.3 Å². The average molecular weight is 798 g/mol. The van der Waals surface area contributed by atoms with Crippen molar-refractivity contribution in [1.82, 2.24) is 39.6 Å². The van der Waals surface area contributed by atoms with E-state index >= 15 is 0 Å². The summed E-state index contributed by atoms with van der Waals surface area (Å²) in [6.45, 7) is 9.32. The number of aromatic hydroxyl groups is 1. The van der Waals surface area contributed by atoms with Gasteiger partial charge in [0.25, 0.3) is 0 Å². The SMILES string of the molecule is C=CCN1CC(=O)N2[C@@H](Cc3ccc(O)cc3)C(=O)N(Cc3cccc4c(-c5ccc(NC(=O)N(C)CC(C)C)nc5)cn(C)c34)C[C@@H]2N1C(=O)NCc1ccccc1. The third-order valence-electron chi connectivity index (χ3n) is 10.8. The number of para-hydroxylation sites is 1. The van der Waals surface area contributed by atoms with Crippen LogP contribution in [-0.2, 0) is 36.1 Å². The molecule has 0 bridgehead atoms. The number of carbonyl (C=O) groups is 4. The molecule has 59 heavy (non-hydrogen) atoms. The molecule has 2 atom stereocenters. The maximum atomic E-state index is 14.7. The first-order valence-electron chi connectivity index (χ1n) is 19.8. The molecule has 2 aliphatic heterocycles. The van der Waals surface area contributed by atoms with Gasteiger partial charge in [0, 0.05) is 75.6 Å². The van der Waals surface area contributed by atoms with Gasteiger partial charge in [-0.15, -0.1) is 6.58 Å². The van der Waals surface area contributed by atoms with Gasteiger partial charge in [-0.2, -0.15) is 0 Å². The largest absolute Gasteiger partial charge is 0.508 e. The molecule has 0 aliphatic carbocycles. The Hall–Kier alpha value is -6.67. The summed E-state index contributed by atoms with van der Waals surface area (Å²) in [7, 11) is 3.72. The standard InChI is InChI=1S/C45H51N9O5/c1-6-21-52-29-41(56)53-38(22-31-15-18-35(55)19-16-31)43(57)51(28-40(53)54(52)44(58)47-23-32-11-8-7-9-12-32)26-34-13-10-14-36-37(27-49(4)42(34)36)33-17-20-39(46-24-33)48-45(59)50(5)25-30(2)3/h6-20,24,27,30,38,40,55H,1,21-23,25-26,28-29H2,2-5H3,(H,47,58)(H,46,48,59)/t38-,40-/m0/s1. The number of anilines is 1. The Bertz CT molecular complexity index is 2330. The molecular formula is C45H51N9O5. The van der Waals surface area contributed by atoms with Gasteiger partial charge in [0.2, 0.25) is 11.8 Å². The molecule has 2 aromatic heterocycles. The van der Waals surface area contributed by atoms with Gasteiger partial charge in [0.15, 0.2) is 0 Å². The van der Waals surface area contributed by atoms with Crippen molar-refractivity contribution in [2.24, 2.45) is 13.0 Å². The van der Waals surface area contributed by atoms with Crippen LogP contribution in [0.15, 0.2) is 110 Å². The van der Waals surface area contributed by atoms with E-state index in [2.05, 4.69) is 36.0 Å². The molecule has 0 radical (unpaired) electrons. The summed E-state index contributed by atoms with van der Waals surface area (Å²) in [5.41, 5.74) is 5.29. The lowest BCUT2D eigenvalue weighted by molar-refractivity contribution is -0.189. The maximum absolute atomic E-state index is 14.7. The van der Waals surface area contributed by atoms with Crippen LogP contribution in [0.4, 0.5) is 15.4 Å².